The highest BCUT2D eigenvalue weighted by Crippen LogP contribution is 2.41. The summed E-state index contributed by atoms with van der Waals surface area (Å²) in [7, 11) is 0. The van der Waals surface area contributed by atoms with E-state index in [1.807, 2.05) is 0 Å². The number of rotatable bonds is 2. The summed E-state index contributed by atoms with van der Waals surface area (Å²) in [5.41, 5.74) is 0.367. The summed E-state index contributed by atoms with van der Waals surface area (Å²) in [6.07, 6.45) is 7.20. The predicted octanol–water partition coefficient (Wildman–Crippen LogP) is 3.68. The van der Waals surface area contributed by atoms with E-state index in [1.54, 1.807) is 0 Å². The van der Waals surface area contributed by atoms with Gasteiger partial charge in [0.05, 0.1) is 6.10 Å². The zero-order valence-corrected chi connectivity index (χ0v) is 13.4. The van der Waals surface area contributed by atoms with Crippen LogP contribution < -0.4 is 0 Å². The Labute approximate surface area is 119 Å². The smallest absolute Gasteiger partial charge is 0.0555 e. The second-order valence-corrected chi connectivity index (χ2v) is 7.89. The molecule has 1 heterocycles. The van der Waals surface area contributed by atoms with Crippen LogP contribution >= 0.6 is 0 Å². The van der Waals surface area contributed by atoms with Gasteiger partial charge in [-0.2, -0.15) is 0 Å². The highest BCUT2D eigenvalue weighted by atomic mass is 16.3. The van der Waals surface area contributed by atoms with Crippen LogP contribution in [0.1, 0.15) is 66.2 Å². The summed E-state index contributed by atoms with van der Waals surface area (Å²) in [6, 6.07) is 0.613. The van der Waals surface area contributed by atoms with E-state index in [9.17, 15) is 5.11 Å². The van der Waals surface area contributed by atoms with Crippen molar-refractivity contribution in [3.05, 3.63) is 0 Å². The van der Waals surface area contributed by atoms with Crippen LogP contribution in [0.25, 0.3) is 0 Å². The fourth-order valence-electron chi connectivity index (χ4n) is 4.23. The van der Waals surface area contributed by atoms with Gasteiger partial charge in [0.15, 0.2) is 0 Å². The van der Waals surface area contributed by atoms with Crippen LogP contribution in [-0.4, -0.2) is 35.2 Å². The topological polar surface area (TPSA) is 23.5 Å². The maximum Gasteiger partial charge on any atom is 0.0555 e. The molecule has 1 saturated carbocycles. The van der Waals surface area contributed by atoms with Crippen molar-refractivity contribution >= 4 is 0 Å². The molecule has 2 rings (SSSR count). The van der Waals surface area contributed by atoms with E-state index in [4.69, 9.17) is 0 Å². The maximum absolute atomic E-state index is 10.1. The summed E-state index contributed by atoms with van der Waals surface area (Å²) in [5, 5.41) is 10.1. The molecule has 2 nitrogen and oxygen atoms in total. The average Bonchev–Trinajstić information content (AvgIpc) is 2.37. The molecule has 0 spiro atoms. The van der Waals surface area contributed by atoms with E-state index in [0.29, 0.717) is 11.5 Å². The number of nitrogens with zero attached hydrogens (tertiary/aromatic N) is 1. The lowest BCUT2D eigenvalue weighted by molar-refractivity contribution is -0.0232. The van der Waals surface area contributed by atoms with Gasteiger partial charge < -0.3 is 5.11 Å². The van der Waals surface area contributed by atoms with Crippen LogP contribution in [0.15, 0.2) is 0 Å². The predicted molar refractivity (Wildman–Crippen MR) is 81.2 cm³/mol. The molecule has 0 aromatic carbocycles. The van der Waals surface area contributed by atoms with Gasteiger partial charge in [0, 0.05) is 6.04 Å². The zero-order chi connectivity index (χ0) is 14.0. The zero-order valence-electron chi connectivity index (χ0n) is 13.4. The van der Waals surface area contributed by atoms with Crippen molar-refractivity contribution in [1.82, 2.24) is 4.90 Å². The van der Waals surface area contributed by atoms with Gasteiger partial charge in [-0.15, -0.1) is 0 Å². The van der Waals surface area contributed by atoms with E-state index in [0.717, 1.165) is 24.7 Å². The van der Waals surface area contributed by atoms with Crippen molar-refractivity contribution in [1.29, 1.82) is 0 Å². The van der Waals surface area contributed by atoms with E-state index in [1.165, 1.54) is 38.8 Å². The maximum atomic E-state index is 10.1. The summed E-state index contributed by atoms with van der Waals surface area (Å²) >= 11 is 0. The summed E-state index contributed by atoms with van der Waals surface area (Å²) in [5.74, 6) is 1.69. The first-order valence-corrected chi connectivity index (χ1v) is 8.34. The molecule has 0 aromatic heterocycles. The standard InChI is InChI=1S/C17H33NO/c1-5-13-8-10-18(11-9-13)16-12-14(19)6-7-15(16)17(2,3)4/h13-16,19H,5-12H2,1-4H3. The number of hydrogen-bond acceptors (Lipinski definition) is 2. The van der Waals surface area contributed by atoms with E-state index in [2.05, 4.69) is 32.6 Å². The number of aliphatic hydroxyl groups excluding tert-OH is 1. The molecule has 19 heavy (non-hydrogen) atoms. The Hall–Kier alpha value is -0.0800. The van der Waals surface area contributed by atoms with Crippen molar-refractivity contribution < 1.29 is 5.11 Å². The minimum atomic E-state index is -0.0625. The van der Waals surface area contributed by atoms with Crippen molar-refractivity contribution in [3.8, 4) is 0 Å². The molecule has 3 unspecified atom stereocenters. The fourth-order valence-corrected chi connectivity index (χ4v) is 4.23. The van der Waals surface area contributed by atoms with Gasteiger partial charge >= 0.3 is 0 Å². The van der Waals surface area contributed by atoms with Gasteiger partial charge in [0.2, 0.25) is 0 Å². The third-order valence-electron chi connectivity index (χ3n) is 5.60. The minimum Gasteiger partial charge on any atom is -0.393 e. The number of likely N-dealkylation sites (tertiary alicyclic amines) is 1. The Morgan fingerprint density at radius 3 is 2.21 bits per heavy atom. The van der Waals surface area contributed by atoms with Crippen LogP contribution in [0.2, 0.25) is 0 Å². The molecule has 0 bridgehead atoms. The number of hydrogen-bond donors (Lipinski definition) is 1. The molecule has 0 radical (unpaired) electrons. The van der Waals surface area contributed by atoms with Gasteiger partial charge in [-0.3, -0.25) is 4.90 Å². The second-order valence-electron chi connectivity index (χ2n) is 7.89. The average molecular weight is 267 g/mol. The molecule has 1 aliphatic heterocycles. The number of aliphatic hydroxyl groups is 1. The lowest BCUT2D eigenvalue weighted by Gasteiger charge is -2.49. The summed E-state index contributed by atoms with van der Waals surface area (Å²) in [6.45, 7) is 12.0. The first-order chi connectivity index (χ1) is 8.91. The van der Waals surface area contributed by atoms with E-state index in [-0.39, 0.29) is 6.10 Å². The SMILES string of the molecule is CCC1CCN(C2CC(O)CCC2C(C)(C)C)CC1. The van der Waals surface area contributed by atoms with Crippen molar-refractivity contribution in [2.24, 2.45) is 17.3 Å². The van der Waals surface area contributed by atoms with Crippen molar-refractivity contribution in [3.63, 3.8) is 0 Å². The third-order valence-corrected chi connectivity index (χ3v) is 5.60. The molecule has 2 aliphatic rings. The van der Waals surface area contributed by atoms with Crippen LogP contribution in [0.5, 0.6) is 0 Å². The number of piperidine rings is 1. The molecule has 0 amide bonds. The molecule has 112 valence electrons. The van der Waals surface area contributed by atoms with Crippen LogP contribution in [0.4, 0.5) is 0 Å². The molecule has 0 aromatic rings. The van der Waals surface area contributed by atoms with Crippen LogP contribution in [-0.2, 0) is 0 Å². The Morgan fingerprint density at radius 2 is 1.68 bits per heavy atom. The Bertz CT molecular complexity index is 275. The van der Waals surface area contributed by atoms with Gasteiger partial charge in [0.25, 0.3) is 0 Å². The molecule has 3 atom stereocenters. The summed E-state index contributed by atoms with van der Waals surface area (Å²) < 4.78 is 0. The fraction of sp³-hybridized carbons (Fsp3) is 1.00. The third kappa shape index (κ3) is 3.72. The van der Waals surface area contributed by atoms with Gasteiger partial charge in [0.1, 0.15) is 0 Å². The molecular weight excluding hydrogens is 234 g/mol. The Morgan fingerprint density at radius 1 is 1.05 bits per heavy atom. The lowest BCUT2D eigenvalue weighted by atomic mass is 9.68. The normalized spacial score (nSPS) is 35.5. The largest absolute Gasteiger partial charge is 0.393 e. The molecular formula is C17H33NO. The first kappa shape index (κ1) is 15.3. The minimum absolute atomic E-state index is 0.0625. The van der Waals surface area contributed by atoms with E-state index >= 15 is 0 Å². The Kier molecular flexibility index (Phi) is 4.94. The summed E-state index contributed by atoms with van der Waals surface area (Å²) in [4.78, 5) is 2.70. The molecule has 2 fully saturated rings. The monoisotopic (exact) mass is 267 g/mol. The van der Waals surface area contributed by atoms with Gasteiger partial charge in [-0.25, -0.2) is 0 Å². The molecule has 1 N–H and O–H groups in total. The van der Waals surface area contributed by atoms with Crippen molar-refractivity contribution in [2.45, 2.75) is 78.4 Å². The molecule has 2 heteroatoms. The second kappa shape index (κ2) is 6.13. The quantitative estimate of drug-likeness (QED) is 0.825. The Balaban J connectivity index is 2.02. The first-order valence-electron chi connectivity index (χ1n) is 8.34. The molecule has 1 saturated heterocycles. The van der Waals surface area contributed by atoms with Gasteiger partial charge in [-0.1, -0.05) is 34.1 Å². The lowest BCUT2D eigenvalue weighted by Crippen LogP contribution is -2.52. The van der Waals surface area contributed by atoms with E-state index < -0.39 is 0 Å². The van der Waals surface area contributed by atoms with Crippen molar-refractivity contribution in [2.75, 3.05) is 13.1 Å². The molecule has 1 aliphatic carbocycles. The van der Waals surface area contributed by atoms with Crippen LogP contribution in [0.3, 0.4) is 0 Å². The highest BCUT2D eigenvalue weighted by molar-refractivity contribution is 4.93. The van der Waals surface area contributed by atoms with Crippen LogP contribution in [0, 0.1) is 17.3 Å². The highest BCUT2D eigenvalue weighted by Gasteiger charge is 2.40. The van der Waals surface area contributed by atoms with Gasteiger partial charge in [-0.05, 0) is 62.4 Å².